The number of halogens is 1. The second-order valence-electron chi connectivity index (χ2n) is 4.25. The maximum Gasteiger partial charge on any atom is 0.124 e. The molecule has 0 fully saturated rings. The minimum atomic E-state index is 0.109. The molecule has 3 heteroatoms. The molecule has 0 aliphatic heterocycles. The largest absolute Gasteiger partial charge is 0.493 e. The molecule has 0 bridgehead atoms. The van der Waals surface area contributed by atoms with Gasteiger partial charge in [0.25, 0.3) is 0 Å². The van der Waals surface area contributed by atoms with Gasteiger partial charge in [0.2, 0.25) is 0 Å². The quantitative estimate of drug-likeness (QED) is 0.606. The van der Waals surface area contributed by atoms with Gasteiger partial charge in [0.1, 0.15) is 5.75 Å². The van der Waals surface area contributed by atoms with E-state index in [9.17, 15) is 0 Å². The van der Waals surface area contributed by atoms with E-state index >= 15 is 0 Å². The normalized spacial score (nSPS) is 11.9. The third-order valence-electron chi connectivity index (χ3n) is 2.79. The van der Waals surface area contributed by atoms with E-state index in [1.807, 2.05) is 18.2 Å². The molecule has 1 rings (SSSR count). The van der Waals surface area contributed by atoms with Gasteiger partial charge < -0.3 is 10.5 Å². The maximum atomic E-state index is 6.20. The highest BCUT2D eigenvalue weighted by Crippen LogP contribution is 2.28. The summed E-state index contributed by atoms with van der Waals surface area (Å²) in [5, 5.41) is 0.716. The fourth-order valence-corrected chi connectivity index (χ4v) is 1.88. The number of rotatable bonds is 7. The minimum Gasteiger partial charge on any atom is -0.493 e. The Balaban J connectivity index is 2.71. The molecule has 0 aromatic heterocycles. The molecule has 1 aromatic carbocycles. The van der Waals surface area contributed by atoms with Crippen LogP contribution in [0.4, 0.5) is 0 Å². The van der Waals surface area contributed by atoms with Gasteiger partial charge in [-0.15, -0.1) is 12.3 Å². The Morgan fingerprint density at radius 2 is 2.28 bits per heavy atom. The number of nitrogens with two attached hydrogens (primary N) is 1. The maximum absolute atomic E-state index is 6.20. The highest BCUT2D eigenvalue weighted by molar-refractivity contribution is 6.31. The standard InChI is InChI=1S/C15H20ClNO/c1-3-5-6-10-18-15-9-7-8-14(16)13(15)11-12(17)4-2/h1,7-9,12H,4-6,10-11,17H2,2H3. The summed E-state index contributed by atoms with van der Waals surface area (Å²) < 4.78 is 5.73. The molecule has 0 aliphatic rings. The lowest BCUT2D eigenvalue weighted by molar-refractivity contribution is 0.309. The van der Waals surface area contributed by atoms with Gasteiger partial charge in [-0.1, -0.05) is 24.6 Å². The van der Waals surface area contributed by atoms with Gasteiger partial charge in [0.05, 0.1) is 6.61 Å². The first kappa shape index (κ1) is 14.9. The topological polar surface area (TPSA) is 35.2 Å². The van der Waals surface area contributed by atoms with Crippen molar-refractivity contribution < 1.29 is 4.74 Å². The van der Waals surface area contributed by atoms with E-state index in [4.69, 9.17) is 28.5 Å². The molecule has 1 atom stereocenters. The first-order chi connectivity index (χ1) is 8.69. The van der Waals surface area contributed by atoms with Crippen molar-refractivity contribution in [3.05, 3.63) is 28.8 Å². The number of hydrogen-bond acceptors (Lipinski definition) is 2. The summed E-state index contributed by atoms with van der Waals surface area (Å²) in [5.74, 6) is 3.42. The van der Waals surface area contributed by atoms with Gasteiger partial charge in [-0.25, -0.2) is 0 Å². The smallest absolute Gasteiger partial charge is 0.124 e. The SMILES string of the molecule is C#CCCCOc1cccc(Cl)c1CC(N)CC. The summed E-state index contributed by atoms with van der Waals surface area (Å²) in [6.07, 6.45) is 8.43. The molecule has 1 aromatic rings. The van der Waals surface area contributed by atoms with Crippen molar-refractivity contribution >= 4 is 11.6 Å². The van der Waals surface area contributed by atoms with Crippen molar-refractivity contribution in [2.75, 3.05) is 6.61 Å². The Labute approximate surface area is 114 Å². The van der Waals surface area contributed by atoms with Gasteiger partial charge in [0.15, 0.2) is 0 Å². The third-order valence-corrected chi connectivity index (χ3v) is 3.14. The zero-order chi connectivity index (χ0) is 13.4. The van der Waals surface area contributed by atoms with Crippen LogP contribution in [0.2, 0.25) is 5.02 Å². The van der Waals surface area contributed by atoms with E-state index in [0.717, 1.165) is 37.0 Å². The Morgan fingerprint density at radius 3 is 2.94 bits per heavy atom. The summed E-state index contributed by atoms with van der Waals surface area (Å²) in [4.78, 5) is 0. The van der Waals surface area contributed by atoms with Crippen LogP contribution in [0.3, 0.4) is 0 Å². The number of terminal acetylenes is 1. The van der Waals surface area contributed by atoms with E-state index in [-0.39, 0.29) is 6.04 Å². The molecule has 1 unspecified atom stereocenters. The predicted octanol–water partition coefficient (Wildman–Crippen LogP) is 3.41. The van der Waals surface area contributed by atoms with Crippen molar-refractivity contribution in [2.24, 2.45) is 5.73 Å². The molecule has 0 amide bonds. The summed E-state index contributed by atoms with van der Waals surface area (Å²) in [5.41, 5.74) is 6.97. The second kappa shape index (κ2) is 8.02. The molecule has 0 aliphatic carbocycles. The van der Waals surface area contributed by atoms with Crippen LogP contribution in [-0.4, -0.2) is 12.6 Å². The van der Waals surface area contributed by atoms with E-state index in [1.165, 1.54) is 0 Å². The molecule has 0 saturated heterocycles. The third kappa shape index (κ3) is 4.60. The van der Waals surface area contributed by atoms with Crippen LogP contribution in [-0.2, 0) is 6.42 Å². The fourth-order valence-electron chi connectivity index (χ4n) is 1.64. The van der Waals surface area contributed by atoms with Crippen LogP contribution in [0.25, 0.3) is 0 Å². The summed E-state index contributed by atoms with van der Waals surface area (Å²) in [7, 11) is 0. The van der Waals surface area contributed by atoms with Gasteiger partial charge in [-0.3, -0.25) is 0 Å². The summed E-state index contributed by atoms with van der Waals surface area (Å²) in [6, 6.07) is 5.80. The molecule has 0 heterocycles. The first-order valence-corrected chi connectivity index (χ1v) is 6.66. The van der Waals surface area contributed by atoms with Crippen LogP contribution in [0, 0.1) is 12.3 Å². The zero-order valence-electron chi connectivity index (χ0n) is 10.8. The van der Waals surface area contributed by atoms with Crippen molar-refractivity contribution in [3.8, 4) is 18.1 Å². The minimum absolute atomic E-state index is 0.109. The Morgan fingerprint density at radius 1 is 1.50 bits per heavy atom. The van der Waals surface area contributed by atoms with Crippen LogP contribution in [0.1, 0.15) is 31.7 Å². The predicted molar refractivity (Wildman–Crippen MR) is 77.0 cm³/mol. The van der Waals surface area contributed by atoms with Gasteiger partial charge in [-0.2, -0.15) is 0 Å². The summed E-state index contributed by atoms with van der Waals surface area (Å²) in [6.45, 7) is 2.67. The molecule has 2 N–H and O–H groups in total. The number of hydrogen-bond donors (Lipinski definition) is 1. The highest BCUT2D eigenvalue weighted by Gasteiger charge is 2.11. The molecule has 0 radical (unpaired) electrons. The van der Waals surface area contributed by atoms with Gasteiger partial charge in [0, 0.05) is 23.0 Å². The lowest BCUT2D eigenvalue weighted by atomic mass is 10.0. The van der Waals surface area contributed by atoms with Crippen LogP contribution in [0.5, 0.6) is 5.75 Å². The molecular weight excluding hydrogens is 246 g/mol. The number of unbranched alkanes of at least 4 members (excludes halogenated alkanes) is 1. The van der Waals surface area contributed by atoms with E-state index in [2.05, 4.69) is 12.8 Å². The molecule has 2 nitrogen and oxygen atoms in total. The average molecular weight is 266 g/mol. The first-order valence-electron chi connectivity index (χ1n) is 6.28. The lowest BCUT2D eigenvalue weighted by Crippen LogP contribution is -2.22. The fraction of sp³-hybridized carbons (Fsp3) is 0.467. The summed E-state index contributed by atoms with van der Waals surface area (Å²) >= 11 is 6.20. The van der Waals surface area contributed by atoms with E-state index < -0.39 is 0 Å². The Bertz CT molecular complexity index is 411. The van der Waals surface area contributed by atoms with Gasteiger partial charge >= 0.3 is 0 Å². The zero-order valence-corrected chi connectivity index (χ0v) is 11.5. The van der Waals surface area contributed by atoms with Crippen LogP contribution < -0.4 is 10.5 Å². The molecule has 0 spiro atoms. The molecular formula is C15H20ClNO. The average Bonchev–Trinajstić information content (AvgIpc) is 2.38. The van der Waals surface area contributed by atoms with Crippen molar-refractivity contribution in [1.82, 2.24) is 0 Å². The second-order valence-corrected chi connectivity index (χ2v) is 4.65. The molecule has 0 saturated carbocycles. The number of benzene rings is 1. The molecule has 98 valence electrons. The van der Waals surface area contributed by atoms with Gasteiger partial charge in [-0.05, 0) is 31.4 Å². The van der Waals surface area contributed by atoms with E-state index in [1.54, 1.807) is 0 Å². The van der Waals surface area contributed by atoms with Crippen molar-refractivity contribution in [1.29, 1.82) is 0 Å². The van der Waals surface area contributed by atoms with Crippen molar-refractivity contribution in [2.45, 2.75) is 38.6 Å². The number of ether oxygens (including phenoxy) is 1. The monoisotopic (exact) mass is 265 g/mol. The Hall–Kier alpha value is -1.17. The van der Waals surface area contributed by atoms with Crippen molar-refractivity contribution in [3.63, 3.8) is 0 Å². The van der Waals surface area contributed by atoms with E-state index in [0.29, 0.717) is 11.6 Å². The van der Waals surface area contributed by atoms with Crippen LogP contribution >= 0.6 is 11.6 Å². The highest BCUT2D eigenvalue weighted by atomic mass is 35.5. The molecule has 18 heavy (non-hydrogen) atoms. The van der Waals surface area contributed by atoms with Crippen LogP contribution in [0.15, 0.2) is 18.2 Å². The lowest BCUT2D eigenvalue weighted by Gasteiger charge is -2.15. The Kier molecular flexibility index (Phi) is 6.64.